The molecule has 3 heterocycles. The normalized spacial score (nSPS) is 17.3. The maximum absolute atomic E-state index is 12.3. The molecule has 0 saturated heterocycles. The summed E-state index contributed by atoms with van der Waals surface area (Å²) in [6, 6.07) is 2.10. The van der Waals surface area contributed by atoms with E-state index >= 15 is 0 Å². The molecular formula is C12H12N4O4. The van der Waals surface area contributed by atoms with E-state index in [2.05, 4.69) is 10.6 Å². The smallest absolute Gasteiger partial charge is 0.332 e. The number of nitrogens with one attached hydrogen (secondary N) is 2. The highest BCUT2D eigenvalue weighted by Gasteiger charge is 2.33. The van der Waals surface area contributed by atoms with Crippen LogP contribution in [0.4, 0.5) is 10.6 Å². The van der Waals surface area contributed by atoms with Gasteiger partial charge in [0.2, 0.25) is 0 Å². The van der Waals surface area contributed by atoms with Crippen LogP contribution in [0.5, 0.6) is 0 Å². The predicted molar refractivity (Wildman–Crippen MR) is 69.6 cm³/mol. The van der Waals surface area contributed by atoms with Crippen LogP contribution in [-0.4, -0.2) is 15.2 Å². The van der Waals surface area contributed by atoms with Gasteiger partial charge in [-0.2, -0.15) is 0 Å². The second kappa shape index (κ2) is 4.12. The number of rotatable bonds is 1. The molecule has 0 fully saturated rings. The summed E-state index contributed by atoms with van der Waals surface area (Å²) in [5.74, 6) is 0.611. The number of anilines is 1. The van der Waals surface area contributed by atoms with Gasteiger partial charge in [-0.15, -0.1) is 0 Å². The van der Waals surface area contributed by atoms with E-state index in [1.54, 1.807) is 12.1 Å². The Balaban J connectivity index is 2.35. The fraction of sp³-hybridized carbons (Fsp3) is 0.250. The first-order valence-corrected chi connectivity index (χ1v) is 5.91. The van der Waals surface area contributed by atoms with Crippen molar-refractivity contribution in [1.82, 2.24) is 14.5 Å². The average molecular weight is 276 g/mol. The van der Waals surface area contributed by atoms with Crippen LogP contribution in [0.3, 0.4) is 0 Å². The Bertz CT molecular complexity index is 800. The fourth-order valence-corrected chi connectivity index (χ4v) is 2.30. The second-order valence-electron chi connectivity index (χ2n) is 4.51. The number of hydrogen-bond donors (Lipinski definition) is 2. The lowest BCUT2D eigenvalue weighted by Gasteiger charge is -2.26. The molecule has 1 aliphatic heterocycles. The highest BCUT2D eigenvalue weighted by molar-refractivity contribution is 5.92. The molecule has 20 heavy (non-hydrogen) atoms. The average Bonchev–Trinajstić information content (AvgIpc) is 2.95. The monoisotopic (exact) mass is 276 g/mol. The lowest BCUT2D eigenvalue weighted by atomic mass is 10.0. The molecule has 2 amide bonds. The van der Waals surface area contributed by atoms with E-state index in [4.69, 9.17) is 4.42 Å². The Morgan fingerprint density at radius 2 is 1.95 bits per heavy atom. The van der Waals surface area contributed by atoms with Gasteiger partial charge in [-0.3, -0.25) is 19.2 Å². The van der Waals surface area contributed by atoms with Crippen molar-refractivity contribution in [3.8, 4) is 0 Å². The van der Waals surface area contributed by atoms with Crippen molar-refractivity contribution >= 4 is 11.8 Å². The molecule has 1 atom stereocenters. The molecule has 8 nitrogen and oxygen atoms in total. The molecule has 0 aromatic carbocycles. The lowest BCUT2D eigenvalue weighted by Crippen LogP contribution is -2.48. The molecule has 0 saturated carbocycles. The number of carbonyl (C=O) groups excluding carboxylic acids is 1. The van der Waals surface area contributed by atoms with Gasteiger partial charge >= 0.3 is 11.7 Å². The van der Waals surface area contributed by atoms with Crippen molar-refractivity contribution in [1.29, 1.82) is 0 Å². The summed E-state index contributed by atoms with van der Waals surface area (Å²) in [5, 5.41) is 5.10. The van der Waals surface area contributed by atoms with Crippen LogP contribution in [0.1, 0.15) is 17.4 Å². The van der Waals surface area contributed by atoms with E-state index in [1.165, 1.54) is 24.9 Å². The number of amides is 2. The summed E-state index contributed by atoms with van der Waals surface area (Å²) in [6.07, 6.45) is 1.45. The molecule has 2 N–H and O–H groups in total. The van der Waals surface area contributed by atoms with Crippen LogP contribution in [-0.2, 0) is 14.1 Å². The quantitative estimate of drug-likeness (QED) is 0.760. The van der Waals surface area contributed by atoms with Crippen molar-refractivity contribution in [3.05, 3.63) is 50.6 Å². The summed E-state index contributed by atoms with van der Waals surface area (Å²) >= 11 is 0. The minimum atomic E-state index is -0.723. The Hall–Kier alpha value is -2.77. The molecule has 2 aromatic heterocycles. The Morgan fingerprint density at radius 3 is 2.60 bits per heavy atom. The summed E-state index contributed by atoms with van der Waals surface area (Å²) in [6.45, 7) is 0. The predicted octanol–water partition coefficient (Wildman–Crippen LogP) is -0.0985. The zero-order chi connectivity index (χ0) is 14.4. The fourth-order valence-electron chi connectivity index (χ4n) is 2.30. The molecular weight excluding hydrogens is 264 g/mol. The van der Waals surface area contributed by atoms with Gasteiger partial charge in [0, 0.05) is 14.1 Å². The van der Waals surface area contributed by atoms with E-state index in [0.717, 1.165) is 4.57 Å². The number of urea groups is 1. The number of carbonyl (C=O) groups is 1. The first kappa shape index (κ1) is 12.3. The molecule has 0 radical (unpaired) electrons. The van der Waals surface area contributed by atoms with Crippen LogP contribution in [0.15, 0.2) is 32.4 Å². The highest BCUT2D eigenvalue weighted by Crippen LogP contribution is 2.27. The maximum atomic E-state index is 12.3. The summed E-state index contributed by atoms with van der Waals surface area (Å²) in [7, 11) is 2.88. The second-order valence-corrected chi connectivity index (χ2v) is 4.51. The Labute approximate surface area is 112 Å². The molecule has 8 heteroatoms. The van der Waals surface area contributed by atoms with E-state index in [9.17, 15) is 14.4 Å². The topological polar surface area (TPSA) is 98.3 Å². The number of furan rings is 1. The van der Waals surface area contributed by atoms with Crippen LogP contribution in [0, 0.1) is 0 Å². The molecule has 1 aliphatic rings. The van der Waals surface area contributed by atoms with Crippen LogP contribution < -0.4 is 21.9 Å². The summed E-state index contributed by atoms with van der Waals surface area (Å²) < 4.78 is 7.49. The van der Waals surface area contributed by atoms with Crippen molar-refractivity contribution in [3.63, 3.8) is 0 Å². The Kier molecular flexibility index (Phi) is 2.53. The highest BCUT2D eigenvalue weighted by atomic mass is 16.3. The van der Waals surface area contributed by atoms with Crippen molar-refractivity contribution in [2.24, 2.45) is 14.1 Å². The molecule has 0 bridgehead atoms. The summed E-state index contributed by atoms with van der Waals surface area (Å²) in [5.41, 5.74) is -0.713. The minimum Gasteiger partial charge on any atom is -0.467 e. The van der Waals surface area contributed by atoms with E-state index in [-0.39, 0.29) is 11.4 Å². The third-order valence-electron chi connectivity index (χ3n) is 3.32. The molecule has 0 aliphatic carbocycles. The van der Waals surface area contributed by atoms with Crippen molar-refractivity contribution < 1.29 is 9.21 Å². The number of aromatic nitrogens is 2. The van der Waals surface area contributed by atoms with Gasteiger partial charge in [0.15, 0.2) is 0 Å². The third-order valence-corrected chi connectivity index (χ3v) is 3.32. The molecule has 0 spiro atoms. The third kappa shape index (κ3) is 1.58. The Morgan fingerprint density at radius 1 is 1.20 bits per heavy atom. The standard InChI is InChI=1S/C12H12N4O4/c1-15-9-7(10(17)16(2)12(15)19)8(13-11(18)14-9)6-4-3-5-20-6/h3-5,8H,1-2H3,(H2,13,14,18)/t8-/m1/s1. The van der Waals surface area contributed by atoms with Crippen molar-refractivity contribution in [2.75, 3.05) is 5.32 Å². The van der Waals surface area contributed by atoms with E-state index in [0.29, 0.717) is 5.76 Å². The number of hydrogen-bond acceptors (Lipinski definition) is 4. The molecule has 104 valence electrons. The first-order valence-electron chi connectivity index (χ1n) is 5.91. The van der Waals surface area contributed by atoms with Crippen LogP contribution in [0.25, 0.3) is 0 Å². The van der Waals surface area contributed by atoms with Crippen LogP contribution in [0.2, 0.25) is 0 Å². The van der Waals surface area contributed by atoms with E-state index < -0.39 is 23.3 Å². The zero-order valence-electron chi connectivity index (χ0n) is 10.8. The van der Waals surface area contributed by atoms with E-state index in [1.807, 2.05) is 0 Å². The van der Waals surface area contributed by atoms with Gasteiger partial charge in [-0.05, 0) is 12.1 Å². The largest absolute Gasteiger partial charge is 0.467 e. The zero-order valence-corrected chi connectivity index (χ0v) is 10.8. The first-order chi connectivity index (χ1) is 9.50. The maximum Gasteiger partial charge on any atom is 0.332 e. The van der Waals surface area contributed by atoms with Gasteiger partial charge in [-0.1, -0.05) is 0 Å². The molecule has 2 aromatic rings. The minimum absolute atomic E-state index is 0.184. The van der Waals surface area contributed by atoms with Crippen molar-refractivity contribution in [2.45, 2.75) is 6.04 Å². The SMILES string of the molecule is Cn1c2c(c(=O)n(C)c1=O)[C@@H](c1ccco1)NC(=O)N2. The summed E-state index contributed by atoms with van der Waals surface area (Å²) in [4.78, 5) is 35.9. The molecule has 0 unspecified atom stereocenters. The van der Waals surface area contributed by atoms with Gasteiger partial charge in [0.25, 0.3) is 5.56 Å². The van der Waals surface area contributed by atoms with Gasteiger partial charge in [0.05, 0.1) is 11.8 Å². The van der Waals surface area contributed by atoms with Gasteiger partial charge in [-0.25, -0.2) is 9.59 Å². The number of nitrogens with zero attached hydrogens (tertiary/aromatic N) is 2. The lowest BCUT2D eigenvalue weighted by molar-refractivity contribution is 0.246. The molecule has 3 rings (SSSR count). The number of fused-ring (bicyclic) bond motifs is 1. The van der Waals surface area contributed by atoms with Gasteiger partial charge in [0.1, 0.15) is 17.6 Å². The van der Waals surface area contributed by atoms with Crippen LogP contribution >= 0.6 is 0 Å². The van der Waals surface area contributed by atoms with Gasteiger partial charge < -0.3 is 9.73 Å².